The molecular formula is C10H10N2O3S. The van der Waals surface area contributed by atoms with Crippen LogP contribution in [0.15, 0.2) is 23.4 Å². The van der Waals surface area contributed by atoms with E-state index in [1.807, 2.05) is 12.3 Å². The van der Waals surface area contributed by atoms with E-state index in [2.05, 4.69) is 9.97 Å². The highest BCUT2D eigenvalue weighted by Crippen LogP contribution is 2.28. The molecule has 0 amide bonds. The molecule has 0 spiro atoms. The number of aliphatic hydroxyl groups excluding tert-OH is 1. The van der Waals surface area contributed by atoms with Crippen molar-refractivity contribution in [2.75, 3.05) is 6.26 Å². The standard InChI is InChI=1S/C10H10N2O3S/c1-16-5-2-6(9(13)10(14)15)8-7(3-5)11-4-12-8/h2-4,9,13H,1H3,(H,11,12)(H,14,15). The minimum Gasteiger partial charge on any atom is -0.479 e. The van der Waals surface area contributed by atoms with Crippen LogP contribution in [-0.4, -0.2) is 32.4 Å². The third kappa shape index (κ3) is 1.77. The van der Waals surface area contributed by atoms with Crippen LogP contribution in [0.25, 0.3) is 11.0 Å². The maximum atomic E-state index is 10.8. The van der Waals surface area contributed by atoms with Gasteiger partial charge < -0.3 is 15.2 Å². The second kappa shape index (κ2) is 4.15. The Hall–Kier alpha value is -1.53. The number of carboxylic acids is 1. The number of aliphatic carboxylic acids is 1. The number of aromatic amines is 1. The molecule has 0 aliphatic heterocycles. The highest BCUT2D eigenvalue weighted by Gasteiger charge is 2.20. The molecule has 1 unspecified atom stereocenters. The van der Waals surface area contributed by atoms with Crippen molar-refractivity contribution < 1.29 is 15.0 Å². The first-order valence-electron chi connectivity index (χ1n) is 4.55. The summed E-state index contributed by atoms with van der Waals surface area (Å²) >= 11 is 1.48. The zero-order valence-electron chi connectivity index (χ0n) is 8.47. The van der Waals surface area contributed by atoms with Gasteiger partial charge in [-0.15, -0.1) is 11.8 Å². The smallest absolute Gasteiger partial charge is 0.337 e. The van der Waals surface area contributed by atoms with E-state index in [1.54, 1.807) is 6.07 Å². The average Bonchev–Trinajstić information content (AvgIpc) is 2.74. The van der Waals surface area contributed by atoms with Gasteiger partial charge in [0, 0.05) is 10.5 Å². The average molecular weight is 238 g/mol. The zero-order valence-corrected chi connectivity index (χ0v) is 9.28. The maximum Gasteiger partial charge on any atom is 0.337 e. The van der Waals surface area contributed by atoms with E-state index in [1.165, 1.54) is 18.1 Å². The fraction of sp³-hybridized carbons (Fsp3) is 0.200. The Kier molecular flexibility index (Phi) is 2.84. The number of aromatic nitrogens is 2. The van der Waals surface area contributed by atoms with Crippen LogP contribution in [0.1, 0.15) is 11.7 Å². The lowest BCUT2D eigenvalue weighted by Gasteiger charge is -2.08. The lowest BCUT2D eigenvalue weighted by Crippen LogP contribution is -2.11. The molecule has 1 aromatic heterocycles. The van der Waals surface area contributed by atoms with Gasteiger partial charge in [0.05, 0.1) is 17.4 Å². The number of hydrogen-bond acceptors (Lipinski definition) is 4. The van der Waals surface area contributed by atoms with Gasteiger partial charge in [-0.3, -0.25) is 0 Å². The lowest BCUT2D eigenvalue weighted by atomic mass is 10.1. The molecule has 5 nitrogen and oxygen atoms in total. The normalized spacial score (nSPS) is 12.9. The predicted octanol–water partition coefficient (Wildman–Crippen LogP) is 1.40. The number of nitrogens with one attached hydrogen (secondary N) is 1. The molecule has 16 heavy (non-hydrogen) atoms. The number of aliphatic hydroxyl groups is 1. The van der Waals surface area contributed by atoms with E-state index >= 15 is 0 Å². The van der Waals surface area contributed by atoms with Gasteiger partial charge in [-0.25, -0.2) is 9.78 Å². The Morgan fingerprint density at radius 3 is 2.94 bits per heavy atom. The Bertz CT molecular complexity index is 538. The molecule has 0 bridgehead atoms. The van der Waals surface area contributed by atoms with Crippen molar-refractivity contribution in [1.29, 1.82) is 0 Å². The van der Waals surface area contributed by atoms with Crippen molar-refractivity contribution in [1.82, 2.24) is 9.97 Å². The number of carbonyl (C=O) groups is 1. The van der Waals surface area contributed by atoms with Gasteiger partial charge in [0.15, 0.2) is 6.10 Å². The number of thioether (sulfide) groups is 1. The minimum atomic E-state index is -1.54. The van der Waals surface area contributed by atoms with Gasteiger partial charge in [-0.1, -0.05) is 0 Å². The Morgan fingerprint density at radius 2 is 2.31 bits per heavy atom. The molecule has 0 aliphatic rings. The summed E-state index contributed by atoms with van der Waals surface area (Å²) in [4.78, 5) is 18.6. The van der Waals surface area contributed by atoms with Crippen LogP contribution >= 0.6 is 11.8 Å². The van der Waals surface area contributed by atoms with Gasteiger partial charge in [0.1, 0.15) is 0 Å². The summed E-state index contributed by atoms with van der Waals surface area (Å²) < 4.78 is 0. The molecule has 0 saturated heterocycles. The molecule has 1 aromatic carbocycles. The molecule has 0 saturated carbocycles. The summed E-state index contributed by atoms with van der Waals surface area (Å²) in [5.74, 6) is -1.28. The van der Waals surface area contributed by atoms with E-state index in [0.717, 1.165) is 10.4 Å². The largest absolute Gasteiger partial charge is 0.479 e. The number of imidazole rings is 1. The Labute approximate surface area is 95.5 Å². The first-order chi connectivity index (χ1) is 7.63. The van der Waals surface area contributed by atoms with Crippen LogP contribution < -0.4 is 0 Å². The third-order valence-electron chi connectivity index (χ3n) is 2.29. The highest BCUT2D eigenvalue weighted by molar-refractivity contribution is 7.98. The van der Waals surface area contributed by atoms with E-state index in [4.69, 9.17) is 5.11 Å². The van der Waals surface area contributed by atoms with Gasteiger partial charge in [-0.05, 0) is 18.4 Å². The van der Waals surface area contributed by atoms with Crippen molar-refractivity contribution in [2.24, 2.45) is 0 Å². The number of H-pyrrole nitrogens is 1. The minimum absolute atomic E-state index is 0.315. The second-order valence-corrected chi connectivity index (χ2v) is 4.14. The molecular weight excluding hydrogens is 228 g/mol. The summed E-state index contributed by atoms with van der Waals surface area (Å²) in [5.41, 5.74) is 1.53. The van der Waals surface area contributed by atoms with Crippen LogP contribution in [0.4, 0.5) is 0 Å². The van der Waals surface area contributed by atoms with Crippen molar-refractivity contribution in [3.8, 4) is 0 Å². The van der Waals surface area contributed by atoms with E-state index in [0.29, 0.717) is 11.1 Å². The third-order valence-corrected chi connectivity index (χ3v) is 3.00. The van der Waals surface area contributed by atoms with Crippen LogP contribution in [0, 0.1) is 0 Å². The molecule has 0 radical (unpaired) electrons. The van der Waals surface area contributed by atoms with Gasteiger partial charge in [0.25, 0.3) is 0 Å². The summed E-state index contributed by atoms with van der Waals surface area (Å²) in [6.45, 7) is 0. The van der Waals surface area contributed by atoms with Crippen LogP contribution in [0.5, 0.6) is 0 Å². The van der Waals surface area contributed by atoms with Crippen LogP contribution in [0.3, 0.4) is 0 Å². The fourth-order valence-electron chi connectivity index (χ4n) is 1.51. The van der Waals surface area contributed by atoms with Crippen molar-refractivity contribution in [3.63, 3.8) is 0 Å². The number of nitrogens with zero attached hydrogens (tertiary/aromatic N) is 1. The first-order valence-corrected chi connectivity index (χ1v) is 5.78. The topological polar surface area (TPSA) is 86.2 Å². The molecule has 0 aliphatic carbocycles. The number of hydrogen-bond donors (Lipinski definition) is 3. The molecule has 1 atom stereocenters. The zero-order chi connectivity index (χ0) is 11.7. The van der Waals surface area contributed by atoms with Gasteiger partial charge >= 0.3 is 5.97 Å². The second-order valence-electron chi connectivity index (χ2n) is 3.26. The number of carboxylic acid groups (broad SMARTS) is 1. The molecule has 1 heterocycles. The van der Waals surface area contributed by atoms with E-state index in [9.17, 15) is 9.90 Å². The summed E-state index contributed by atoms with van der Waals surface area (Å²) in [5, 5.41) is 18.4. The molecule has 3 N–H and O–H groups in total. The summed E-state index contributed by atoms with van der Waals surface area (Å²) in [6, 6.07) is 3.51. The SMILES string of the molecule is CSc1cc(C(O)C(=O)O)c2nc[nH]c2c1. The maximum absolute atomic E-state index is 10.8. The molecule has 2 rings (SSSR count). The fourth-order valence-corrected chi connectivity index (χ4v) is 1.99. The van der Waals surface area contributed by atoms with E-state index < -0.39 is 12.1 Å². The molecule has 2 aromatic rings. The Balaban J connectivity index is 2.65. The number of rotatable bonds is 3. The molecule has 0 fully saturated rings. The lowest BCUT2D eigenvalue weighted by molar-refractivity contribution is -0.146. The number of fused-ring (bicyclic) bond motifs is 1. The Morgan fingerprint density at radius 1 is 1.56 bits per heavy atom. The summed E-state index contributed by atoms with van der Waals surface area (Å²) in [6.07, 6.45) is 1.82. The van der Waals surface area contributed by atoms with Gasteiger partial charge in [-0.2, -0.15) is 0 Å². The van der Waals surface area contributed by atoms with Gasteiger partial charge in [0.2, 0.25) is 0 Å². The van der Waals surface area contributed by atoms with Crippen molar-refractivity contribution in [2.45, 2.75) is 11.0 Å². The quantitative estimate of drug-likeness (QED) is 0.704. The van der Waals surface area contributed by atoms with Crippen molar-refractivity contribution >= 4 is 28.8 Å². The number of benzene rings is 1. The van der Waals surface area contributed by atoms with Crippen LogP contribution in [0.2, 0.25) is 0 Å². The van der Waals surface area contributed by atoms with Crippen LogP contribution in [-0.2, 0) is 4.79 Å². The molecule has 6 heteroatoms. The monoisotopic (exact) mass is 238 g/mol. The molecule has 84 valence electrons. The first kappa shape index (κ1) is 11.0. The summed E-state index contributed by atoms with van der Waals surface area (Å²) in [7, 11) is 0. The van der Waals surface area contributed by atoms with E-state index in [-0.39, 0.29) is 0 Å². The predicted molar refractivity (Wildman–Crippen MR) is 60.5 cm³/mol. The van der Waals surface area contributed by atoms with Crippen molar-refractivity contribution in [3.05, 3.63) is 24.0 Å². The highest BCUT2D eigenvalue weighted by atomic mass is 32.2.